The van der Waals surface area contributed by atoms with Gasteiger partial charge in [-0.3, -0.25) is 14.5 Å². The van der Waals surface area contributed by atoms with Crippen LogP contribution in [0.3, 0.4) is 0 Å². The smallest absolute Gasteiger partial charge is 0.300 e. The van der Waals surface area contributed by atoms with E-state index in [1.54, 1.807) is 30.3 Å². The standard InChI is InChI=1S/C32H28ClNO4/c1-32(2,3)20-15-16-26(38-4)25(17-20)29(35)27-28(24-14-7-10-19-9-5-6-13-23(19)24)34(31(37)30(27)36)22-12-8-11-21(33)18-22/h5-18,28,35H,1-4H3/b29-27+. The minimum absolute atomic E-state index is 0.00399. The highest BCUT2D eigenvalue weighted by Crippen LogP contribution is 2.45. The molecule has 0 bridgehead atoms. The molecule has 1 aliphatic rings. The van der Waals surface area contributed by atoms with Gasteiger partial charge in [-0.2, -0.15) is 0 Å². The van der Waals surface area contributed by atoms with Crippen molar-refractivity contribution in [1.29, 1.82) is 0 Å². The summed E-state index contributed by atoms with van der Waals surface area (Å²) in [5, 5.41) is 14.1. The second-order valence-corrected chi connectivity index (χ2v) is 10.8. The number of anilines is 1. The predicted octanol–water partition coefficient (Wildman–Crippen LogP) is 7.43. The molecule has 0 spiro atoms. The van der Waals surface area contributed by atoms with Gasteiger partial charge in [-0.15, -0.1) is 0 Å². The number of benzene rings is 4. The zero-order valence-corrected chi connectivity index (χ0v) is 22.4. The van der Waals surface area contributed by atoms with Crippen LogP contribution in [0.15, 0.2) is 90.5 Å². The minimum Gasteiger partial charge on any atom is -0.507 e. The highest BCUT2D eigenvalue weighted by Gasteiger charge is 2.47. The molecule has 0 aliphatic carbocycles. The highest BCUT2D eigenvalue weighted by molar-refractivity contribution is 6.52. The fraction of sp³-hybridized carbons (Fsp3) is 0.188. The summed E-state index contributed by atoms with van der Waals surface area (Å²) in [7, 11) is 1.51. The van der Waals surface area contributed by atoms with E-state index in [0.29, 0.717) is 22.0 Å². The number of hydrogen-bond acceptors (Lipinski definition) is 4. The molecule has 0 radical (unpaired) electrons. The predicted molar refractivity (Wildman–Crippen MR) is 152 cm³/mol. The summed E-state index contributed by atoms with van der Waals surface area (Å²) in [6, 6.07) is 25.0. The number of carbonyl (C=O) groups is 2. The first-order valence-corrected chi connectivity index (χ1v) is 12.7. The number of methoxy groups -OCH3 is 1. The van der Waals surface area contributed by atoms with Crippen molar-refractivity contribution < 1.29 is 19.4 Å². The maximum atomic E-state index is 13.7. The molecular formula is C32H28ClNO4. The van der Waals surface area contributed by atoms with Gasteiger partial charge in [0.1, 0.15) is 11.5 Å². The Hall–Kier alpha value is -4.09. The van der Waals surface area contributed by atoms with Crippen LogP contribution in [0.2, 0.25) is 5.02 Å². The third kappa shape index (κ3) is 4.33. The van der Waals surface area contributed by atoms with Crippen molar-refractivity contribution in [2.45, 2.75) is 32.2 Å². The zero-order chi connectivity index (χ0) is 27.2. The Balaban J connectivity index is 1.84. The van der Waals surface area contributed by atoms with Gasteiger partial charge in [0.15, 0.2) is 0 Å². The van der Waals surface area contributed by atoms with Crippen LogP contribution in [0.5, 0.6) is 5.75 Å². The Morgan fingerprint density at radius 2 is 1.63 bits per heavy atom. The first-order chi connectivity index (χ1) is 18.1. The van der Waals surface area contributed by atoms with Crippen molar-refractivity contribution in [3.8, 4) is 5.75 Å². The highest BCUT2D eigenvalue weighted by atomic mass is 35.5. The van der Waals surface area contributed by atoms with Crippen molar-refractivity contribution >= 4 is 45.5 Å². The van der Waals surface area contributed by atoms with E-state index in [4.69, 9.17) is 16.3 Å². The van der Waals surface area contributed by atoms with E-state index in [2.05, 4.69) is 20.8 Å². The number of rotatable bonds is 4. The molecule has 6 heteroatoms. The Morgan fingerprint density at radius 3 is 2.34 bits per heavy atom. The summed E-state index contributed by atoms with van der Waals surface area (Å²) in [5.41, 5.74) is 2.26. The number of aliphatic hydroxyl groups is 1. The van der Waals surface area contributed by atoms with Crippen molar-refractivity contribution in [2.75, 3.05) is 12.0 Å². The summed E-state index contributed by atoms with van der Waals surface area (Å²) < 4.78 is 5.57. The average Bonchev–Trinajstić information content (AvgIpc) is 3.17. The quantitative estimate of drug-likeness (QED) is 0.171. The van der Waals surface area contributed by atoms with Gasteiger partial charge < -0.3 is 9.84 Å². The van der Waals surface area contributed by atoms with Crippen LogP contribution in [0.1, 0.15) is 43.5 Å². The fourth-order valence-corrected chi connectivity index (χ4v) is 5.20. The molecular weight excluding hydrogens is 498 g/mol. The second-order valence-electron chi connectivity index (χ2n) is 10.4. The van der Waals surface area contributed by atoms with Gasteiger partial charge in [-0.25, -0.2) is 0 Å². The third-order valence-electron chi connectivity index (χ3n) is 6.97. The van der Waals surface area contributed by atoms with E-state index >= 15 is 0 Å². The van der Waals surface area contributed by atoms with Gasteiger partial charge in [0.2, 0.25) is 0 Å². The number of hydrogen-bond donors (Lipinski definition) is 1. The summed E-state index contributed by atoms with van der Waals surface area (Å²) in [4.78, 5) is 28.7. The van der Waals surface area contributed by atoms with Gasteiger partial charge >= 0.3 is 0 Å². The molecule has 38 heavy (non-hydrogen) atoms. The lowest BCUT2D eigenvalue weighted by Gasteiger charge is -2.27. The largest absolute Gasteiger partial charge is 0.507 e. The molecule has 1 N–H and O–H groups in total. The van der Waals surface area contributed by atoms with E-state index in [9.17, 15) is 14.7 Å². The topological polar surface area (TPSA) is 66.8 Å². The van der Waals surface area contributed by atoms with Crippen LogP contribution < -0.4 is 9.64 Å². The fourth-order valence-electron chi connectivity index (χ4n) is 5.01. The number of aliphatic hydroxyl groups excluding tert-OH is 1. The average molecular weight is 526 g/mol. The van der Waals surface area contributed by atoms with Crippen LogP contribution in [0.4, 0.5) is 5.69 Å². The molecule has 1 fully saturated rings. The van der Waals surface area contributed by atoms with E-state index in [0.717, 1.165) is 21.9 Å². The second kappa shape index (κ2) is 9.66. The molecule has 192 valence electrons. The molecule has 1 saturated heterocycles. The number of ketones is 1. The number of carbonyl (C=O) groups excluding carboxylic acids is 2. The normalized spacial score (nSPS) is 17.3. The molecule has 5 nitrogen and oxygen atoms in total. The Morgan fingerprint density at radius 1 is 0.921 bits per heavy atom. The van der Waals surface area contributed by atoms with Crippen molar-refractivity contribution in [2.24, 2.45) is 0 Å². The zero-order valence-electron chi connectivity index (χ0n) is 21.7. The molecule has 1 aliphatic heterocycles. The van der Waals surface area contributed by atoms with Crippen LogP contribution in [0, 0.1) is 0 Å². The van der Waals surface area contributed by atoms with Crippen molar-refractivity contribution in [3.63, 3.8) is 0 Å². The number of Topliss-reactive ketones (excluding diaryl/α,β-unsaturated/α-hetero) is 1. The lowest BCUT2D eigenvalue weighted by molar-refractivity contribution is -0.132. The van der Waals surface area contributed by atoms with E-state index in [-0.39, 0.29) is 16.7 Å². The first kappa shape index (κ1) is 25.6. The summed E-state index contributed by atoms with van der Waals surface area (Å²) in [5.74, 6) is -1.39. The van der Waals surface area contributed by atoms with Gasteiger partial charge in [0, 0.05) is 10.7 Å². The van der Waals surface area contributed by atoms with Crippen molar-refractivity contribution in [1.82, 2.24) is 0 Å². The number of amides is 1. The molecule has 4 aromatic carbocycles. The summed E-state index contributed by atoms with van der Waals surface area (Å²) in [6.07, 6.45) is 0. The van der Waals surface area contributed by atoms with Crippen LogP contribution in [-0.2, 0) is 15.0 Å². The van der Waals surface area contributed by atoms with Gasteiger partial charge in [0.25, 0.3) is 11.7 Å². The molecule has 4 aromatic rings. The Bertz CT molecular complexity index is 1610. The lowest BCUT2D eigenvalue weighted by atomic mass is 9.85. The summed E-state index contributed by atoms with van der Waals surface area (Å²) >= 11 is 6.29. The molecule has 5 rings (SSSR count). The van der Waals surface area contributed by atoms with E-state index in [1.165, 1.54) is 12.0 Å². The van der Waals surface area contributed by atoms with Crippen LogP contribution in [0.25, 0.3) is 16.5 Å². The number of nitrogens with zero attached hydrogens (tertiary/aromatic N) is 1. The van der Waals surface area contributed by atoms with E-state index in [1.807, 2.05) is 54.6 Å². The molecule has 1 heterocycles. The van der Waals surface area contributed by atoms with Crippen molar-refractivity contribution in [3.05, 3.63) is 112 Å². The Labute approximate surface area is 226 Å². The number of halogens is 1. The number of ether oxygens (including phenoxy) is 1. The lowest BCUT2D eigenvalue weighted by Crippen LogP contribution is -2.29. The minimum atomic E-state index is -0.887. The van der Waals surface area contributed by atoms with E-state index < -0.39 is 17.7 Å². The molecule has 1 atom stereocenters. The van der Waals surface area contributed by atoms with Gasteiger partial charge in [-0.05, 0) is 57.6 Å². The number of fused-ring (bicyclic) bond motifs is 1. The maximum Gasteiger partial charge on any atom is 0.300 e. The van der Waals surface area contributed by atoms with Gasteiger partial charge in [0.05, 0.1) is 24.3 Å². The van der Waals surface area contributed by atoms with Crippen LogP contribution >= 0.6 is 11.6 Å². The van der Waals surface area contributed by atoms with Crippen LogP contribution in [-0.4, -0.2) is 23.9 Å². The summed E-state index contributed by atoms with van der Waals surface area (Å²) in [6.45, 7) is 6.19. The van der Waals surface area contributed by atoms with Gasteiger partial charge in [-0.1, -0.05) is 87.0 Å². The third-order valence-corrected chi connectivity index (χ3v) is 7.20. The Kier molecular flexibility index (Phi) is 6.49. The molecule has 1 amide bonds. The molecule has 0 aromatic heterocycles. The molecule has 0 saturated carbocycles. The maximum absolute atomic E-state index is 13.7. The first-order valence-electron chi connectivity index (χ1n) is 12.3. The molecule has 1 unspecified atom stereocenters. The monoisotopic (exact) mass is 525 g/mol. The SMILES string of the molecule is COc1ccc(C(C)(C)C)cc1/C(O)=C1\C(=O)C(=O)N(c2cccc(Cl)c2)C1c1cccc2ccccc12.